The van der Waals surface area contributed by atoms with Gasteiger partial charge in [-0.3, -0.25) is 5.32 Å². The van der Waals surface area contributed by atoms with E-state index in [1.807, 2.05) is 12.1 Å². The van der Waals surface area contributed by atoms with Gasteiger partial charge in [0.05, 0.1) is 18.5 Å². The minimum atomic E-state index is -0.448. The Bertz CT molecular complexity index is 386. The van der Waals surface area contributed by atoms with Gasteiger partial charge in [0.25, 0.3) is 0 Å². The molecule has 98 valence electrons. The maximum atomic E-state index is 11.2. The predicted molar refractivity (Wildman–Crippen MR) is 70.8 cm³/mol. The fourth-order valence-corrected chi connectivity index (χ4v) is 2.12. The van der Waals surface area contributed by atoms with Gasteiger partial charge in [-0.2, -0.15) is 0 Å². The SMILES string of the molecule is CCOC(=O)Nc1ccc(NC2CCCC2)nc1. The molecule has 0 aliphatic heterocycles. The molecule has 0 radical (unpaired) electrons. The van der Waals surface area contributed by atoms with Crippen LogP contribution in [0.3, 0.4) is 0 Å². The van der Waals surface area contributed by atoms with Crippen LogP contribution in [0.15, 0.2) is 18.3 Å². The Morgan fingerprint density at radius 2 is 2.22 bits per heavy atom. The van der Waals surface area contributed by atoms with Gasteiger partial charge in [0.1, 0.15) is 5.82 Å². The number of hydrogen-bond acceptors (Lipinski definition) is 4. The Hall–Kier alpha value is -1.78. The Morgan fingerprint density at radius 3 is 2.83 bits per heavy atom. The Balaban J connectivity index is 1.86. The summed E-state index contributed by atoms with van der Waals surface area (Å²) in [5.41, 5.74) is 0.644. The molecule has 2 N–H and O–H groups in total. The third-order valence-corrected chi connectivity index (χ3v) is 2.99. The third-order valence-electron chi connectivity index (χ3n) is 2.99. The van der Waals surface area contributed by atoms with Crippen molar-refractivity contribution >= 4 is 17.6 Å². The summed E-state index contributed by atoms with van der Waals surface area (Å²) in [7, 11) is 0. The molecule has 0 aromatic carbocycles. The van der Waals surface area contributed by atoms with E-state index in [1.165, 1.54) is 25.7 Å². The van der Waals surface area contributed by atoms with Crippen molar-refractivity contribution in [2.75, 3.05) is 17.2 Å². The highest BCUT2D eigenvalue weighted by Crippen LogP contribution is 2.21. The summed E-state index contributed by atoms with van der Waals surface area (Å²) in [6.45, 7) is 2.13. The molecule has 0 bridgehead atoms. The number of amides is 1. The van der Waals surface area contributed by atoms with Crippen molar-refractivity contribution in [3.8, 4) is 0 Å². The maximum Gasteiger partial charge on any atom is 0.411 e. The van der Waals surface area contributed by atoms with Gasteiger partial charge in [-0.1, -0.05) is 12.8 Å². The van der Waals surface area contributed by atoms with Crippen LogP contribution in [0, 0.1) is 0 Å². The van der Waals surface area contributed by atoms with Crippen molar-refractivity contribution in [1.82, 2.24) is 4.98 Å². The standard InChI is InChI=1S/C13H19N3O2/c1-2-18-13(17)16-11-7-8-12(14-9-11)15-10-5-3-4-6-10/h7-10H,2-6H2,1H3,(H,14,15)(H,16,17). The summed E-state index contributed by atoms with van der Waals surface area (Å²) in [6, 6.07) is 4.24. The zero-order chi connectivity index (χ0) is 12.8. The summed E-state index contributed by atoms with van der Waals surface area (Å²) < 4.78 is 4.79. The normalized spacial score (nSPS) is 15.4. The van der Waals surface area contributed by atoms with Gasteiger partial charge in [-0.15, -0.1) is 0 Å². The van der Waals surface area contributed by atoms with Crippen molar-refractivity contribution in [2.45, 2.75) is 38.6 Å². The highest BCUT2D eigenvalue weighted by atomic mass is 16.5. The highest BCUT2D eigenvalue weighted by molar-refractivity contribution is 5.84. The fourth-order valence-electron chi connectivity index (χ4n) is 2.12. The summed E-state index contributed by atoms with van der Waals surface area (Å²) in [5, 5.41) is 6.00. The van der Waals surface area contributed by atoms with Crippen LogP contribution >= 0.6 is 0 Å². The summed E-state index contributed by atoms with van der Waals surface area (Å²) >= 11 is 0. The number of ether oxygens (including phenoxy) is 1. The van der Waals surface area contributed by atoms with Crippen LogP contribution < -0.4 is 10.6 Å². The molecule has 1 aliphatic rings. The van der Waals surface area contributed by atoms with Gasteiger partial charge in [0.2, 0.25) is 0 Å². The molecule has 1 saturated carbocycles. The topological polar surface area (TPSA) is 63.2 Å². The minimum Gasteiger partial charge on any atom is -0.450 e. The number of nitrogens with one attached hydrogen (secondary N) is 2. The average molecular weight is 249 g/mol. The summed E-state index contributed by atoms with van der Waals surface area (Å²) in [6.07, 6.45) is 6.19. The molecular formula is C13H19N3O2. The first-order valence-corrected chi connectivity index (χ1v) is 6.44. The van der Waals surface area contributed by atoms with Crippen molar-refractivity contribution in [1.29, 1.82) is 0 Å². The smallest absolute Gasteiger partial charge is 0.411 e. The van der Waals surface area contributed by atoms with E-state index >= 15 is 0 Å². The van der Waals surface area contributed by atoms with Crippen LogP contribution in [-0.2, 0) is 4.74 Å². The molecule has 2 rings (SSSR count). The number of hydrogen-bond donors (Lipinski definition) is 2. The predicted octanol–water partition coefficient (Wildman–Crippen LogP) is 3.00. The quantitative estimate of drug-likeness (QED) is 0.861. The van der Waals surface area contributed by atoms with Crippen LogP contribution in [0.1, 0.15) is 32.6 Å². The maximum absolute atomic E-state index is 11.2. The number of aromatic nitrogens is 1. The third kappa shape index (κ3) is 3.61. The molecule has 1 amide bonds. The van der Waals surface area contributed by atoms with Crippen LogP contribution in [0.25, 0.3) is 0 Å². The fraction of sp³-hybridized carbons (Fsp3) is 0.538. The molecule has 1 fully saturated rings. The van der Waals surface area contributed by atoms with Gasteiger partial charge in [0.15, 0.2) is 0 Å². The molecule has 0 unspecified atom stereocenters. The van der Waals surface area contributed by atoms with Crippen LogP contribution in [0.5, 0.6) is 0 Å². The van der Waals surface area contributed by atoms with Gasteiger partial charge in [-0.25, -0.2) is 9.78 Å². The second-order valence-electron chi connectivity index (χ2n) is 4.40. The van der Waals surface area contributed by atoms with Crippen molar-refractivity contribution in [2.24, 2.45) is 0 Å². The highest BCUT2D eigenvalue weighted by Gasteiger charge is 2.14. The summed E-state index contributed by atoms with van der Waals surface area (Å²) in [5.74, 6) is 0.858. The van der Waals surface area contributed by atoms with Gasteiger partial charge in [0, 0.05) is 6.04 Å². The van der Waals surface area contributed by atoms with Crippen molar-refractivity contribution < 1.29 is 9.53 Å². The van der Waals surface area contributed by atoms with E-state index in [2.05, 4.69) is 15.6 Å². The molecule has 1 aromatic heterocycles. The average Bonchev–Trinajstić information content (AvgIpc) is 2.85. The summed E-state index contributed by atoms with van der Waals surface area (Å²) in [4.78, 5) is 15.5. The lowest BCUT2D eigenvalue weighted by molar-refractivity contribution is 0.168. The van der Waals surface area contributed by atoms with Crippen molar-refractivity contribution in [3.63, 3.8) is 0 Å². The molecule has 1 aromatic rings. The molecule has 0 saturated heterocycles. The number of nitrogens with zero attached hydrogens (tertiary/aromatic N) is 1. The lowest BCUT2D eigenvalue weighted by Crippen LogP contribution is -2.16. The first kappa shape index (κ1) is 12.7. The van der Waals surface area contributed by atoms with E-state index in [-0.39, 0.29) is 0 Å². The monoisotopic (exact) mass is 249 g/mol. The Labute approximate surface area is 107 Å². The molecule has 5 heteroatoms. The van der Waals surface area contributed by atoms with Crippen LogP contribution in [0.2, 0.25) is 0 Å². The minimum absolute atomic E-state index is 0.362. The first-order chi connectivity index (χ1) is 8.78. The van der Waals surface area contributed by atoms with Crippen LogP contribution in [-0.4, -0.2) is 23.7 Å². The number of anilines is 2. The number of carbonyl (C=O) groups excluding carboxylic acids is 1. The van der Waals surface area contributed by atoms with E-state index in [0.29, 0.717) is 18.3 Å². The number of carbonyl (C=O) groups is 1. The molecule has 5 nitrogen and oxygen atoms in total. The Morgan fingerprint density at radius 1 is 1.44 bits per heavy atom. The second kappa shape index (κ2) is 6.23. The van der Waals surface area contributed by atoms with Crippen molar-refractivity contribution in [3.05, 3.63) is 18.3 Å². The zero-order valence-corrected chi connectivity index (χ0v) is 10.6. The van der Waals surface area contributed by atoms with Gasteiger partial charge >= 0.3 is 6.09 Å². The lowest BCUT2D eigenvalue weighted by Gasteiger charge is -2.12. The first-order valence-electron chi connectivity index (χ1n) is 6.44. The number of pyridine rings is 1. The second-order valence-corrected chi connectivity index (χ2v) is 4.40. The largest absolute Gasteiger partial charge is 0.450 e. The Kier molecular flexibility index (Phi) is 4.39. The van der Waals surface area contributed by atoms with Crippen LogP contribution in [0.4, 0.5) is 16.3 Å². The van der Waals surface area contributed by atoms with E-state index in [1.54, 1.807) is 13.1 Å². The molecule has 1 aliphatic carbocycles. The van der Waals surface area contributed by atoms with Gasteiger partial charge in [-0.05, 0) is 31.9 Å². The molecule has 0 spiro atoms. The number of rotatable bonds is 4. The van der Waals surface area contributed by atoms with E-state index in [9.17, 15) is 4.79 Å². The van der Waals surface area contributed by atoms with E-state index < -0.39 is 6.09 Å². The van der Waals surface area contributed by atoms with E-state index in [0.717, 1.165) is 5.82 Å². The zero-order valence-electron chi connectivity index (χ0n) is 10.6. The lowest BCUT2D eigenvalue weighted by atomic mass is 10.2. The molecule has 1 heterocycles. The van der Waals surface area contributed by atoms with E-state index in [4.69, 9.17) is 4.74 Å². The van der Waals surface area contributed by atoms with Gasteiger partial charge < -0.3 is 10.1 Å². The molecular weight excluding hydrogens is 230 g/mol. The molecule has 0 atom stereocenters. The molecule has 18 heavy (non-hydrogen) atoms.